The average molecular weight is 374 g/mol. The molecule has 1 atom stereocenters. The van der Waals surface area contributed by atoms with Crippen LogP contribution in [-0.2, 0) is 0 Å². The van der Waals surface area contributed by atoms with Crippen LogP contribution in [0.3, 0.4) is 0 Å². The van der Waals surface area contributed by atoms with E-state index in [9.17, 15) is 9.18 Å². The molecule has 0 bridgehead atoms. The van der Waals surface area contributed by atoms with Gasteiger partial charge in [-0.25, -0.2) is 4.39 Å². The van der Waals surface area contributed by atoms with Gasteiger partial charge in [-0.15, -0.1) is 0 Å². The molecule has 0 spiro atoms. The Morgan fingerprint density at radius 3 is 2.43 bits per heavy atom. The predicted molar refractivity (Wildman–Crippen MR) is 109 cm³/mol. The van der Waals surface area contributed by atoms with Crippen LogP contribution in [-0.4, -0.2) is 28.9 Å². The second-order valence-electron chi connectivity index (χ2n) is 7.27. The van der Waals surface area contributed by atoms with Crippen LogP contribution in [0.1, 0.15) is 41.1 Å². The lowest BCUT2D eigenvalue weighted by molar-refractivity contribution is 0.0760. The molecule has 1 aliphatic heterocycles. The summed E-state index contributed by atoms with van der Waals surface area (Å²) in [5.74, 6) is 0.273. The normalized spacial score (nSPS) is 17.2. The highest BCUT2D eigenvalue weighted by Gasteiger charge is 2.22. The highest BCUT2D eigenvalue weighted by atomic mass is 19.1. The summed E-state index contributed by atoms with van der Waals surface area (Å²) in [7, 11) is 0. The molecule has 3 nitrogen and oxygen atoms in total. The maximum Gasteiger partial charge on any atom is 0.255 e. The molecule has 1 unspecified atom stereocenters. The van der Waals surface area contributed by atoms with Gasteiger partial charge < -0.3 is 4.90 Å². The van der Waals surface area contributed by atoms with Crippen molar-refractivity contribution in [1.82, 2.24) is 9.88 Å². The number of nitrogens with zero attached hydrogens (tertiary/aromatic N) is 2. The van der Waals surface area contributed by atoms with Crippen molar-refractivity contribution in [3.8, 4) is 11.3 Å². The molecule has 1 aromatic heterocycles. The van der Waals surface area contributed by atoms with Crippen molar-refractivity contribution in [2.45, 2.75) is 25.2 Å². The van der Waals surface area contributed by atoms with Crippen LogP contribution in [0.5, 0.6) is 0 Å². The summed E-state index contributed by atoms with van der Waals surface area (Å²) in [6, 6.07) is 20.4. The van der Waals surface area contributed by atoms with E-state index >= 15 is 0 Å². The molecule has 0 aliphatic carbocycles. The summed E-state index contributed by atoms with van der Waals surface area (Å²) in [5, 5.41) is 0. The summed E-state index contributed by atoms with van der Waals surface area (Å²) in [6.45, 7) is 1.54. The first-order valence-electron chi connectivity index (χ1n) is 9.77. The number of amides is 1. The summed E-state index contributed by atoms with van der Waals surface area (Å²) in [6.07, 6.45) is 4.72. The number of benzene rings is 2. The summed E-state index contributed by atoms with van der Waals surface area (Å²) in [4.78, 5) is 19.3. The zero-order chi connectivity index (χ0) is 19.3. The molecule has 3 aromatic rings. The molecule has 4 heteroatoms. The molecule has 1 fully saturated rings. The number of likely N-dealkylation sites (tertiary alicyclic amines) is 1. The Hall–Kier alpha value is -3.01. The van der Waals surface area contributed by atoms with E-state index in [0.717, 1.165) is 43.6 Å². The van der Waals surface area contributed by atoms with Gasteiger partial charge >= 0.3 is 0 Å². The van der Waals surface area contributed by atoms with E-state index < -0.39 is 0 Å². The SMILES string of the molecule is O=C(c1ccc(-c2ccc(F)cc2)nc1)N1CCCC(c2ccccc2)CC1. The van der Waals surface area contributed by atoms with Crippen LogP contribution in [0.4, 0.5) is 4.39 Å². The van der Waals surface area contributed by atoms with Gasteiger partial charge in [-0.3, -0.25) is 9.78 Å². The van der Waals surface area contributed by atoms with E-state index in [0.29, 0.717) is 11.5 Å². The number of hydrogen-bond donors (Lipinski definition) is 0. The van der Waals surface area contributed by atoms with Crippen LogP contribution in [0.15, 0.2) is 72.9 Å². The van der Waals surface area contributed by atoms with Crippen molar-refractivity contribution in [3.63, 3.8) is 0 Å². The topological polar surface area (TPSA) is 33.2 Å². The molecular weight excluding hydrogens is 351 g/mol. The average Bonchev–Trinajstić information content (AvgIpc) is 3.01. The minimum absolute atomic E-state index is 0.0341. The lowest BCUT2D eigenvalue weighted by atomic mass is 9.92. The molecule has 0 radical (unpaired) electrons. The van der Waals surface area contributed by atoms with Gasteiger partial charge in [0, 0.05) is 24.8 Å². The molecule has 28 heavy (non-hydrogen) atoms. The molecule has 1 aliphatic rings. The first-order chi connectivity index (χ1) is 13.7. The molecule has 4 rings (SSSR count). The van der Waals surface area contributed by atoms with Crippen LogP contribution >= 0.6 is 0 Å². The number of hydrogen-bond acceptors (Lipinski definition) is 2. The Bertz CT molecular complexity index is 923. The van der Waals surface area contributed by atoms with Crippen molar-refractivity contribution in [2.24, 2.45) is 0 Å². The first kappa shape index (κ1) is 18.4. The number of aromatic nitrogens is 1. The van der Waals surface area contributed by atoms with Gasteiger partial charge in [0.25, 0.3) is 5.91 Å². The van der Waals surface area contributed by atoms with Crippen LogP contribution in [0, 0.1) is 5.82 Å². The van der Waals surface area contributed by atoms with Gasteiger partial charge in [-0.1, -0.05) is 30.3 Å². The maximum atomic E-state index is 13.1. The first-order valence-corrected chi connectivity index (χ1v) is 9.77. The van der Waals surface area contributed by atoms with E-state index in [1.807, 2.05) is 23.1 Å². The quantitative estimate of drug-likeness (QED) is 0.623. The minimum atomic E-state index is -0.273. The van der Waals surface area contributed by atoms with Crippen molar-refractivity contribution in [1.29, 1.82) is 0 Å². The smallest absolute Gasteiger partial charge is 0.255 e. The molecule has 2 heterocycles. The largest absolute Gasteiger partial charge is 0.339 e. The third-order valence-electron chi connectivity index (χ3n) is 5.44. The number of carbonyl (C=O) groups is 1. The standard InChI is InChI=1S/C24H23FN2O/c25-22-11-8-20(9-12-22)23-13-10-21(17-26-23)24(28)27-15-4-7-19(14-16-27)18-5-2-1-3-6-18/h1-3,5-6,8-13,17,19H,4,7,14-16H2. The zero-order valence-electron chi connectivity index (χ0n) is 15.7. The van der Waals surface area contributed by atoms with E-state index in [4.69, 9.17) is 0 Å². The van der Waals surface area contributed by atoms with Crippen molar-refractivity contribution in [2.75, 3.05) is 13.1 Å². The van der Waals surface area contributed by atoms with Gasteiger partial charge in [-0.05, 0) is 67.1 Å². The molecular formula is C24H23FN2O. The predicted octanol–water partition coefficient (Wildman–Crippen LogP) is 5.30. The van der Waals surface area contributed by atoms with Crippen LogP contribution in [0.25, 0.3) is 11.3 Å². The Morgan fingerprint density at radius 1 is 0.929 bits per heavy atom. The van der Waals surface area contributed by atoms with Crippen LogP contribution < -0.4 is 0 Å². The molecule has 0 saturated carbocycles. The summed E-state index contributed by atoms with van der Waals surface area (Å²) >= 11 is 0. The van der Waals surface area contributed by atoms with Crippen molar-refractivity contribution in [3.05, 3.63) is 89.9 Å². The van der Waals surface area contributed by atoms with Crippen molar-refractivity contribution < 1.29 is 9.18 Å². The third-order valence-corrected chi connectivity index (χ3v) is 5.44. The second kappa shape index (κ2) is 8.34. The molecule has 1 amide bonds. The Balaban J connectivity index is 1.43. The molecule has 1 saturated heterocycles. The van der Waals surface area contributed by atoms with Gasteiger partial charge in [0.2, 0.25) is 0 Å². The molecule has 2 aromatic carbocycles. The second-order valence-corrected chi connectivity index (χ2v) is 7.27. The molecule has 142 valence electrons. The summed E-state index contributed by atoms with van der Waals surface area (Å²) in [5.41, 5.74) is 3.53. The van der Waals surface area contributed by atoms with E-state index in [1.165, 1.54) is 17.7 Å². The Labute approximate surface area is 164 Å². The highest BCUT2D eigenvalue weighted by molar-refractivity contribution is 5.94. The fraction of sp³-hybridized carbons (Fsp3) is 0.250. The summed E-state index contributed by atoms with van der Waals surface area (Å²) < 4.78 is 13.1. The number of carbonyl (C=O) groups excluding carboxylic acids is 1. The zero-order valence-corrected chi connectivity index (χ0v) is 15.7. The molecule has 0 N–H and O–H groups in total. The minimum Gasteiger partial charge on any atom is -0.339 e. The van der Waals surface area contributed by atoms with Gasteiger partial charge in [-0.2, -0.15) is 0 Å². The maximum absolute atomic E-state index is 13.1. The number of rotatable bonds is 3. The Morgan fingerprint density at radius 2 is 1.71 bits per heavy atom. The fourth-order valence-electron chi connectivity index (χ4n) is 3.85. The van der Waals surface area contributed by atoms with Gasteiger partial charge in [0.15, 0.2) is 0 Å². The number of halogens is 1. The van der Waals surface area contributed by atoms with E-state index in [-0.39, 0.29) is 11.7 Å². The van der Waals surface area contributed by atoms with E-state index in [2.05, 4.69) is 29.2 Å². The lowest BCUT2D eigenvalue weighted by Crippen LogP contribution is -2.32. The fourth-order valence-corrected chi connectivity index (χ4v) is 3.85. The lowest BCUT2D eigenvalue weighted by Gasteiger charge is -2.21. The van der Waals surface area contributed by atoms with Gasteiger partial charge in [0.05, 0.1) is 11.3 Å². The monoisotopic (exact) mass is 374 g/mol. The highest BCUT2D eigenvalue weighted by Crippen LogP contribution is 2.28. The van der Waals surface area contributed by atoms with Crippen LogP contribution in [0.2, 0.25) is 0 Å². The Kier molecular flexibility index (Phi) is 5.47. The van der Waals surface area contributed by atoms with E-state index in [1.54, 1.807) is 18.3 Å². The third kappa shape index (κ3) is 4.11. The van der Waals surface area contributed by atoms with Crippen molar-refractivity contribution >= 4 is 5.91 Å². The number of pyridine rings is 1. The van der Waals surface area contributed by atoms with Gasteiger partial charge in [0.1, 0.15) is 5.82 Å².